The number of thiophene rings is 1. The molecule has 0 N–H and O–H groups in total. The molecule has 0 unspecified atom stereocenters. The summed E-state index contributed by atoms with van der Waals surface area (Å²) in [5.41, 5.74) is 0.739. The molecule has 8 nitrogen and oxygen atoms in total. The summed E-state index contributed by atoms with van der Waals surface area (Å²) in [5.74, 6) is -0.404. The molecule has 0 aliphatic heterocycles. The van der Waals surface area contributed by atoms with Crippen LogP contribution in [0.15, 0.2) is 22.2 Å². The molecular weight excluding hydrogens is 338 g/mol. The minimum absolute atomic E-state index is 0.0705. The van der Waals surface area contributed by atoms with Gasteiger partial charge in [0.05, 0.1) is 23.2 Å². The van der Waals surface area contributed by atoms with Crippen molar-refractivity contribution in [2.45, 2.75) is 17.8 Å². The van der Waals surface area contributed by atoms with Gasteiger partial charge in [-0.05, 0) is 40.4 Å². The van der Waals surface area contributed by atoms with E-state index in [9.17, 15) is 9.00 Å². The Morgan fingerprint density at radius 3 is 3.00 bits per heavy atom. The lowest BCUT2D eigenvalue weighted by molar-refractivity contribution is -0.137. The molecule has 0 amide bonds. The van der Waals surface area contributed by atoms with Crippen LogP contribution in [0.1, 0.15) is 17.4 Å². The van der Waals surface area contributed by atoms with Crippen molar-refractivity contribution in [1.29, 1.82) is 5.26 Å². The molecule has 2 aromatic rings. The Labute approximate surface area is 138 Å². The molecule has 23 heavy (non-hydrogen) atoms. The van der Waals surface area contributed by atoms with Gasteiger partial charge < -0.3 is 4.74 Å². The largest absolute Gasteiger partial charge is 0.462 e. The zero-order valence-corrected chi connectivity index (χ0v) is 14.1. The molecule has 1 atom stereocenters. The van der Waals surface area contributed by atoms with Gasteiger partial charge in [0.15, 0.2) is 0 Å². The van der Waals surface area contributed by atoms with Gasteiger partial charge in [-0.2, -0.15) is 5.26 Å². The molecule has 0 spiro atoms. The Morgan fingerprint density at radius 1 is 1.61 bits per heavy atom. The average molecular weight is 351 g/mol. The fraction of sp³-hybridized carbons (Fsp3) is 0.308. The van der Waals surface area contributed by atoms with E-state index in [1.54, 1.807) is 20.0 Å². The number of rotatable bonds is 6. The maximum absolute atomic E-state index is 12.2. The summed E-state index contributed by atoms with van der Waals surface area (Å²) in [7, 11) is 0.247. The summed E-state index contributed by atoms with van der Waals surface area (Å²) in [6, 6.07) is 3.59. The molecule has 0 aromatic carbocycles. The number of nitrogens with zero attached hydrogens (tertiary/aromatic N) is 5. The lowest BCUT2D eigenvalue weighted by Gasteiger charge is -1.98. The zero-order chi connectivity index (χ0) is 16.8. The van der Waals surface area contributed by atoms with Crippen molar-refractivity contribution in [3.63, 3.8) is 0 Å². The van der Waals surface area contributed by atoms with Gasteiger partial charge in [0, 0.05) is 11.9 Å². The standard InChI is InChI=1S/C13H13N5O3S2/c1-3-21-12(19)10(6-14)5-11-4-9(7-22-11)8-23(20)13-15-16-17-18(13)2/h4-5,7H,3,8H2,1-2H3/b10-5+/t23-/m1/s1. The molecule has 120 valence electrons. The van der Waals surface area contributed by atoms with E-state index in [-0.39, 0.29) is 23.1 Å². The summed E-state index contributed by atoms with van der Waals surface area (Å²) < 4.78 is 18.3. The van der Waals surface area contributed by atoms with Crippen molar-refractivity contribution in [1.82, 2.24) is 20.2 Å². The van der Waals surface area contributed by atoms with Crippen LogP contribution in [0.2, 0.25) is 0 Å². The van der Waals surface area contributed by atoms with Gasteiger partial charge in [0.2, 0.25) is 5.16 Å². The van der Waals surface area contributed by atoms with E-state index in [0.717, 1.165) is 5.56 Å². The predicted octanol–water partition coefficient (Wildman–Crippen LogP) is 1.05. The van der Waals surface area contributed by atoms with Crippen LogP contribution in [0.25, 0.3) is 6.08 Å². The second-order valence-corrected chi connectivity index (χ2v) is 6.61. The van der Waals surface area contributed by atoms with Gasteiger partial charge in [-0.1, -0.05) is 5.10 Å². The molecule has 10 heteroatoms. The maximum atomic E-state index is 12.2. The van der Waals surface area contributed by atoms with Crippen molar-refractivity contribution in [3.8, 4) is 6.07 Å². The van der Waals surface area contributed by atoms with Crippen LogP contribution >= 0.6 is 11.3 Å². The molecule has 0 aliphatic carbocycles. The van der Waals surface area contributed by atoms with E-state index in [1.165, 1.54) is 22.1 Å². The lowest BCUT2D eigenvalue weighted by atomic mass is 10.2. The number of carbonyl (C=O) groups is 1. The highest BCUT2D eigenvalue weighted by molar-refractivity contribution is 7.84. The van der Waals surface area contributed by atoms with Gasteiger partial charge in [-0.15, -0.1) is 11.3 Å². The molecular formula is C13H13N5O3S2. The van der Waals surface area contributed by atoms with Gasteiger partial charge in [0.25, 0.3) is 0 Å². The smallest absolute Gasteiger partial charge is 0.348 e. The third-order valence-electron chi connectivity index (χ3n) is 2.66. The Hall–Kier alpha value is -2.38. The van der Waals surface area contributed by atoms with Crippen molar-refractivity contribution in [3.05, 3.63) is 27.5 Å². The summed E-state index contributed by atoms with van der Waals surface area (Å²) in [6.07, 6.45) is 1.46. The monoisotopic (exact) mass is 351 g/mol. The van der Waals surface area contributed by atoms with Crippen LogP contribution in [0.5, 0.6) is 0 Å². The highest BCUT2D eigenvalue weighted by atomic mass is 32.2. The summed E-state index contributed by atoms with van der Waals surface area (Å²) in [5, 5.41) is 21.9. The van der Waals surface area contributed by atoms with E-state index in [0.29, 0.717) is 4.88 Å². The Bertz CT molecular complexity index is 803. The number of nitriles is 1. The minimum Gasteiger partial charge on any atom is -0.462 e. The molecule has 2 rings (SSSR count). The SMILES string of the molecule is CCOC(=O)/C(C#N)=C/c1cc(C[S@@](=O)c2nnnn2C)cs1. The first kappa shape index (κ1) is 17.0. The number of hydrogen-bond acceptors (Lipinski definition) is 8. The number of esters is 1. The molecule has 0 bridgehead atoms. The summed E-state index contributed by atoms with van der Waals surface area (Å²) >= 11 is 1.34. The number of aromatic nitrogens is 4. The number of hydrogen-bond donors (Lipinski definition) is 0. The van der Waals surface area contributed by atoms with Gasteiger partial charge in [0.1, 0.15) is 11.6 Å². The number of ether oxygens (including phenoxy) is 1. The second-order valence-electron chi connectivity index (χ2n) is 4.32. The van der Waals surface area contributed by atoms with E-state index >= 15 is 0 Å². The average Bonchev–Trinajstić information content (AvgIpc) is 3.13. The fourth-order valence-corrected chi connectivity index (χ4v) is 3.67. The highest BCUT2D eigenvalue weighted by Crippen LogP contribution is 2.20. The molecule has 0 saturated heterocycles. The lowest BCUT2D eigenvalue weighted by Crippen LogP contribution is -2.05. The summed E-state index contributed by atoms with van der Waals surface area (Å²) in [6.45, 7) is 1.88. The van der Waals surface area contributed by atoms with Crippen LogP contribution < -0.4 is 0 Å². The summed E-state index contributed by atoms with van der Waals surface area (Å²) in [4.78, 5) is 12.3. The van der Waals surface area contributed by atoms with Gasteiger partial charge in [-0.3, -0.25) is 4.21 Å². The quantitative estimate of drug-likeness (QED) is 0.434. The number of carbonyl (C=O) groups excluding carboxylic acids is 1. The molecule has 0 fully saturated rings. The molecule has 0 saturated carbocycles. The first-order valence-corrected chi connectivity index (χ1v) is 8.72. The van der Waals surface area contributed by atoms with Crippen LogP contribution in [0.3, 0.4) is 0 Å². The van der Waals surface area contributed by atoms with E-state index in [2.05, 4.69) is 15.5 Å². The van der Waals surface area contributed by atoms with Crippen LogP contribution in [-0.2, 0) is 33.1 Å². The Kier molecular flexibility index (Phi) is 5.72. The molecule has 0 aliphatic rings. The normalized spacial score (nSPS) is 12.7. The highest BCUT2D eigenvalue weighted by Gasteiger charge is 2.14. The zero-order valence-electron chi connectivity index (χ0n) is 12.4. The maximum Gasteiger partial charge on any atom is 0.348 e. The minimum atomic E-state index is -1.37. The van der Waals surface area contributed by atoms with Crippen molar-refractivity contribution in [2.75, 3.05) is 6.61 Å². The third kappa shape index (κ3) is 4.30. The van der Waals surface area contributed by atoms with Crippen LogP contribution in [0, 0.1) is 11.3 Å². The Balaban J connectivity index is 2.12. The molecule has 2 heterocycles. The Morgan fingerprint density at radius 2 is 2.39 bits per heavy atom. The molecule has 0 radical (unpaired) electrons. The van der Waals surface area contributed by atoms with Gasteiger partial charge in [-0.25, -0.2) is 9.48 Å². The first-order chi connectivity index (χ1) is 11.0. The van der Waals surface area contributed by atoms with Crippen LogP contribution in [-0.4, -0.2) is 37.0 Å². The van der Waals surface area contributed by atoms with Gasteiger partial charge >= 0.3 is 5.97 Å². The topological polar surface area (TPSA) is 111 Å². The third-order valence-corrected chi connectivity index (χ3v) is 4.94. The van der Waals surface area contributed by atoms with E-state index in [1.807, 2.05) is 11.4 Å². The second kappa shape index (κ2) is 7.75. The van der Waals surface area contributed by atoms with Crippen LogP contribution in [0.4, 0.5) is 0 Å². The first-order valence-electron chi connectivity index (χ1n) is 6.52. The van der Waals surface area contributed by atoms with Crippen molar-refractivity contribution < 1.29 is 13.7 Å². The molecule has 2 aromatic heterocycles. The van der Waals surface area contributed by atoms with Crippen molar-refractivity contribution in [2.24, 2.45) is 7.05 Å². The van der Waals surface area contributed by atoms with E-state index in [4.69, 9.17) is 10.00 Å². The van der Waals surface area contributed by atoms with E-state index < -0.39 is 16.8 Å². The predicted molar refractivity (Wildman–Crippen MR) is 83.5 cm³/mol. The number of aryl methyl sites for hydroxylation is 1. The van der Waals surface area contributed by atoms with Crippen molar-refractivity contribution >= 4 is 34.2 Å². The fourth-order valence-electron chi connectivity index (χ4n) is 1.66. The number of tetrazole rings is 1.